The normalized spacial score (nSPS) is 24.1. The van der Waals surface area contributed by atoms with Gasteiger partial charge >= 0.3 is 0 Å². The molecule has 0 radical (unpaired) electrons. The first-order chi connectivity index (χ1) is 8.75. The van der Waals surface area contributed by atoms with Crippen molar-refractivity contribution < 1.29 is 4.79 Å². The maximum atomic E-state index is 11.9. The summed E-state index contributed by atoms with van der Waals surface area (Å²) in [6.07, 6.45) is 11.7. The summed E-state index contributed by atoms with van der Waals surface area (Å²) in [5.74, 6) is 0.883. The predicted molar refractivity (Wildman–Crippen MR) is 74.4 cm³/mol. The Kier molecular flexibility index (Phi) is 5.48. The molecule has 3 heteroatoms. The molecule has 2 saturated carbocycles. The molecule has 2 N–H and O–H groups in total. The zero-order chi connectivity index (χ0) is 12.8. The third-order valence-electron chi connectivity index (χ3n) is 4.65. The van der Waals surface area contributed by atoms with Crippen LogP contribution in [0.3, 0.4) is 0 Å². The Hall–Kier alpha value is -0.570. The number of carbonyl (C=O) groups is 1. The third kappa shape index (κ3) is 4.27. The fourth-order valence-corrected chi connectivity index (χ4v) is 3.42. The average molecular weight is 252 g/mol. The van der Waals surface area contributed by atoms with Crippen molar-refractivity contribution in [3.8, 4) is 0 Å². The maximum absolute atomic E-state index is 11.9. The van der Waals surface area contributed by atoms with E-state index in [0.29, 0.717) is 24.5 Å². The molecule has 1 amide bonds. The van der Waals surface area contributed by atoms with E-state index in [4.69, 9.17) is 0 Å². The minimum absolute atomic E-state index is 0.181. The van der Waals surface area contributed by atoms with E-state index < -0.39 is 0 Å². The van der Waals surface area contributed by atoms with Gasteiger partial charge in [0.05, 0.1) is 6.54 Å². The lowest BCUT2D eigenvalue weighted by molar-refractivity contribution is -0.121. The Morgan fingerprint density at radius 2 is 1.67 bits per heavy atom. The minimum Gasteiger partial charge on any atom is -0.352 e. The first kappa shape index (κ1) is 13.9. The van der Waals surface area contributed by atoms with Gasteiger partial charge in [0, 0.05) is 12.1 Å². The molecule has 0 aromatic carbocycles. The molecule has 1 unspecified atom stereocenters. The lowest BCUT2D eigenvalue weighted by Crippen LogP contribution is -2.44. The van der Waals surface area contributed by atoms with Crippen LogP contribution < -0.4 is 10.6 Å². The molecular formula is C15H28N2O. The van der Waals surface area contributed by atoms with E-state index in [2.05, 4.69) is 17.6 Å². The molecule has 0 bridgehead atoms. The highest BCUT2D eigenvalue weighted by Crippen LogP contribution is 2.26. The maximum Gasteiger partial charge on any atom is 0.234 e. The molecule has 2 rings (SSSR count). The number of nitrogens with one attached hydrogen (secondary N) is 2. The zero-order valence-electron chi connectivity index (χ0n) is 11.7. The number of hydrogen-bond donors (Lipinski definition) is 2. The lowest BCUT2D eigenvalue weighted by atomic mass is 9.84. The molecule has 1 atom stereocenters. The van der Waals surface area contributed by atoms with Crippen molar-refractivity contribution in [3.05, 3.63) is 0 Å². The molecule has 0 aromatic heterocycles. The monoisotopic (exact) mass is 252 g/mol. The van der Waals surface area contributed by atoms with Crippen molar-refractivity contribution in [1.29, 1.82) is 0 Å². The van der Waals surface area contributed by atoms with E-state index in [-0.39, 0.29) is 5.91 Å². The topological polar surface area (TPSA) is 41.1 Å². The van der Waals surface area contributed by atoms with E-state index in [1.54, 1.807) is 0 Å². The highest BCUT2D eigenvalue weighted by Gasteiger charge is 2.22. The van der Waals surface area contributed by atoms with Crippen molar-refractivity contribution >= 4 is 5.91 Å². The lowest BCUT2D eigenvalue weighted by Gasteiger charge is -2.28. The Labute approximate surface area is 111 Å². The number of carbonyl (C=O) groups excluding carboxylic acids is 1. The van der Waals surface area contributed by atoms with Crippen molar-refractivity contribution in [3.63, 3.8) is 0 Å². The first-order valence-corrected chi connectivity index (χ1v) is 7.78. The van der Waals surface area contributed by atoms with Crippen molar-refractivity contribution in [1.82, 2.24) is 10.6 Å². The Morgan fingerprint density at radius 3 is 2.33 bits per heavy atom. The van der Waals surface area contributed by atoms with Crippen molar-refractivity contribution in [2.45, 2.75) is 76.8 Å². The molecule has 0 heterocycles. The van der Waals surface area contributed by atoms with Gasteiger partial charge in [-0.1, -0.05) is 32.1 Å². The second kappa shape index (κ2) is 7.13. The summed E-state index contributed by atoms with van der Waals surface area (Å²) < 4.78 is 0. The van der Waals surface area contributed by atoms with Gasteiger partial charge in [0.1, 0.15) is 0 Å². The molecule has 0 aliphatic heterocycles. The van der Waals surface area contributed by atoms with Gasteiger partial charge in [-0.25, -0.2) is 0 Å². The molecule has 0 saturated heterocycles. The van der Waals surface area contributed by atoms with Crippen LogP contribution in [0.25, 0.3) is 0 Å². The minimum atomic E-state index is 0.181. The second-order valence-corrected chi connectivity index (χ2v) is 6.12. The standard InChI is InChI=1S/C15H28N2O/c1-12(13-7-3-2-4-8-13)17-15(18)11-16-14-9-5-6-10-14/h12-14,16H,2-11H2,1H3,(H,17,18). The highest BCUT2D eigenvalue weighted by atomic mass is 16.1. The summed E-state index contributed by atoms with van der Waals surface area (Å²) in [7, 11) is 0. The van der Waals surface area contributed by atoms with Crippen molar-refractivity contribution in [2.24, 2.45) is 5.92 Å². The smallest absolute Gasteiger partial charge is 0.234 e. The van der Waals surface area contributed by atoms with Gasteiger partial charge in [0.2, 0.25) is 5.91 Å². The third-order valence-corrected chi connectivity index (χ3v) is 4.65. The first-order valence-electron chi connectivity index (χ1n) is 7.78. The van der Waals surface area contributed by atoms with Crippen LogP contribution in [-0.4, -0.2) is 24.5 Å². The highest BCUT2D eigenvalue weighted by molar-refractivity contribution is 5.78. The van der Waals surface area contributed by atoms with Crippen molar-refractivity contribution in [2.75, 3.05) is 6.54 Å². The molecule has 0 aromatic rings. The summed E-state index contributed by atoms with van der Waals surface area (Å²) in [4.78, 5) is 11.9. The molecule has 2 aliphatic rings. The van der Waals surface area contributed by atoms with Crippen LogP contribution >= 0.6 is 0 Å². The Balaban J connectivity index is 1.62. The molecule has 3 nitrogen and oxygen atoms in total. The Bertz CT molecular complexity index is 255. The predicted octanol–water partition coefficient (Wildman–Crippen LogP) is 2.60. The van der Waals surface area contributed by atoms with Gasteiger partial charge in [-0.05, 0) is 38.5 Å². The van der Waals surface area contributed by atoms with Gasteiger partial charge in [0.25, 0.3) is 0 Å². The summed E-state index contributed by atoms with van der Waals surface area (Å²) in [6.45, 7) is 2.67. The van der Waals surface area contributed by atoms with E-state index in [1.165, 1.54) is 57.8 Å². The van der Waals surface area contributed by atoms with E-state index >= 15 is 0 Å². The van der Waals surface area contributed by atoms with Crippen LogP contribution in [0.1, 0.15) is 64.7 Å². The van der Waals surface area contributed by atoms with Crippen LogP contribution in [0, 0.1) is 5.92 Å². The Morgan fingerprint density at radius 1 is 1.06 bits per heavy atom. The van der Waals surface area contributed by atoms with Crippen LogP contribution in [-0.2, 0) is 4.79 Å². The molecule has 2 fully saturated rings. The fourth-order valence-electron chi connectivity index (χ4n) is 3.42. The van der Waals surface area contributed by atoms with Crippen LogP contribution in [0.2, 0.25) is 0 Å². The summed E-state index contributed by atoms with van der Waals surface area (Å²) in [6, 6.07) is 0.934. The van der Waals surface area contributed by atoms with E-state index in [9.17, 15) is 4.79 Å². The molecule has 2 aliphatic carbocycles. The fraction of sp³-hybridized carbons (Fsp3) is 0.933. The van der Waals surface area contributed by atoms with Gasteiger partial charge in [-0.3, -0.25) is 4.79 Å². The number of rotatable bonds is 5. The zero-order valence-corrected chi connectivity index (χ0v) is 11.7. The van der Waals surface area contributed by atoms with E-state index in [0.717, 1.165) is 0 Å². The number of amides is 1. The van der Waals surface area contributed by atoms with Gasteiger partial charge in [-0.15, -0.1) is 0 Å². The molecule has 0 spiro atoms. The SMILES string of the molecule is CC(NC(=O)CNC1CCCC1)C1CCCCC1. The second-order valence-electron chi connectivity index (χ2n) is 6.12. The van der Waals surface area contributed by atoms with Gasteiger partial charge in [-0.2, -0.15) is 0 Å². The van der Waals surface area contributed by atoms with E-state index in [1.807, 2.05) is 0 Å². The van der Waals surface area contributed by atoms with Crippen LogP contribution in [0.15, 0.2) is 0 Å². The summed E-state index contributed by atoms with van der Waals surface area (Å²) >= 11 is 0. The van der Waals surface area contributed by atoms with Crippen LogP contribution in [0.4, 0.5) is 0 Å². The van der Waals surface area contributed by atoms with Gasteiger partial charge in [0.15, 0.2) is 0 Å². The average Bonchev–Trinajstić information content (AvgIpc) is 2.90. The molecule has 18 heavy (non-hydrogen) atoms. The molecular weight excluding hydrogens is 224 g/mol. The van der Waals surface area contributed by atoms with Gasteiger partial charge < -0.3 is 10.6 Å². The summed E-state index contributed by atoms with van der Waals surface area (Å²) in [5, 5.41) is 6.55. The van der Waals surface area contributed by atoms with Crippen LogP contribution in [0.5, 0.6) is 0 Å². The summed E-state index contributed by atoms with van der Waals surface area (Å²) in [5.41, 5.74) is 0. The molecule has 104 valence electrons. The number of hydrogen-bond acceptors (Lipinski definition) is 2. The quantitative estimate of drug-likeness (QED) is 0.789. The largest absolute Gasteiger partial charge is 0.352 e.